The van der Waals surface area contributed by atoms with Crippen LogP contribution in [0.1, 0.15) is 34.9 Å². The summed E-state index contributed by atoms with van der Waals surface area (Å²) >= 11 is 1.60. The summed E-state index contributed by atoms with van der Waals surface area (Å²) in [6.07, 6.45) is -2.23. The maximum absolute atomic E-state index is 13.4. The van der Waals surface area contributed by atoms with E-state index in [4.69, 9.17) is 0 Å². The number of fused-ring (bicyclic) bond motifs is 1. The number of hydrogen-bond donors (Lipinski definition) is 0. The Balaban J connectivity index is 1.61. The zero-order chi connectivity index (χ0) is 20.6. The van der Waals surface area contributed by atoms with Gasteiger partial charge in [-0.1, -0.05) is 12.1 Å². The first-order valence-electron chi connectivity index (χ1n) is 9.73. The SMILES string of the molecule is CN1CCC(C(=O)N2CCc3ccsc3C2c2ccc(OC(F)(F)F)cc2)CC1. The van der Waals surface area contributed by atoms with E-state index in [9.17, 15) is 18.0 Å². The van der Waals surface area contributed by atoms with Crippen LogP contribution in [-0.4, -0.2) is 48.8 Å². The van der Waals surface area contributed by atoms with Gasteiger partial charge in [-0.3, -0.25) is 4.79 Å². The molecule has 1 aromatic heterocycles. The molecule has 8 heteroatoms. The summed E-state index contributed by atoms with van der Waals surface area (Å²) in [5.41, 5.74) is 2.02. The lowest BCUT2D eigenvalue weighted by Crippen LogP contribution is -2.45. The summed E-state index contributed by atoms with van der Waals surface area (Å²) in [6.45, 7) is 2.44. The molecule has 0 saturated carbocycles. The van der Waals surface area contributed by atoms with Crippen LogP contribution < -0.4 is 4.74 Å². The Labute approximate surface area is 171 Å². The van der Waals surface area contributed by atoms with E-state index in [0.717, 1.165) is 42.8 Å². The van der Waals surface area contributed by atoms with Crippen LogP contribution in [-0.2, 0) is 11.2 Å². The van der Waals surface area contributed by atoms with Gasteiger partial charge in [-0.25, -0.2) is 0 Å². The molecule has 1 saturated heterocycles. The minimum Gasteiger partial charge on any atom is -0.406 e. The minimum atomic E-state index is -4.72. The molecule has 0 N–H and O–H groups in total. The van der Waals surface area contributed by atoms with Gasteiger partial charge >= 0.3 is 6.36 Å². The van der Waals surface area contributed by atoms with Crippen molar-refractivity contribution in [2.45, 2.75) is 31.7 Å². The molecule has 1 aromatic carbocycles. The van der Waals surface area contributed by atoms with Crippen molar-refractivity contribution in [3.63, 3.8) is 0 Å². The largest absolute Gasteiger partial charge is 0.573 e. The lowest BCUT2D eigenvalue weighted by molar-refractivity contribution is -0.274. The second kappa shape index (κ2) is 7.99. The number of hydrogen-bond acceptors (Lipinski definition) is 4. The van der Waals surface area contributed by atoms with Crippen LogP contribution in [0.5, 0.6) is 5.75 Å². The highest BCUT2D eigenvalue weighted by Gasteiger charge is 2.37. The van der Waals surface area contributed by atoms with Gasteiger partial charge in [0.15, 0.2) is 0 Å². The van der Waals surface area contributed by atoms with Crippen molar-refractivity contribution in [3.8, 4) is 5.75 Å². The summed E-state index contributed by atoms with van der Waals surface area (Å²) in [5, 5.41) is 2.02. The van der Waals surface area contributed by atoms with Crippen LogP contribution in [0.3, 0.4) is 0 Å². The Hall–Kier alpha value is -2.06. The summed E-state index contributed by atoms with van der Waals surface area (Å²) < 4.78 is 41.4. The van der Waals surface area contributed by atoms with Crippen molar-refractivity contribution >= 4 is 17.2 Å². The monoisotopic (exact) mass is 424 g/mol. The summed E-state index contributed by atoms with van der Waals surface area (Å²) in [5.74, 6) is -0.0996. The van der Waals surface area contributed by atoms with Crippen molar-refractivity contribution in [1.82, 2.24) is 9.80 Å². The molecule has 3 heterocycles. The number of benzene rings is 1. The number of ether oxygens (including phenoxy) is 1. The fourth-order valence-electron chi connectivity index (χ4n) is 4.22. The highest BCUT2D eigenvalue weighted by Crippen LogP contribution is 2.40. The average Bonchev–Trinajstić information content (AvgIpc) is 3.15. The molecule has 1 unspecified atom stereocenters. The zero-order valence-corrected chi connectivity index (χ0v) is 16.9. The number of amides is 1. The lowest BCUT2D eigenvalue weighted by Gasteiger charge is -2.39. The van der Waals surface area contributed by atoms with Crippen molar-refractivity contribution in [2.24, 2.45) is 5.92 Å². The molecular formula is C21H23F3N2O2S. The molecule has 29 heavy (non-hydrogen) atoms. The predicted octanol–water partition coefficient (Wildman–Crippen LogP) is 4.46. The average molecular weight is 424 g/mol. The van der Waals surface area contributed by atoms with Gasteiger partial charge < -0.3 is 14.5 Å². The van der Waals surface area contributed by atoms with E-state index in [0.29, 0.717) is 6.54 Å². The van der Waals surface area contributed by atoms with E-state index in [1.165, 1.54) is 17.7 Å². The first-order chi connectivity index (χ1) is 13.8. The first-order valence-corrected chi connectivity index (χ1v) is 10.6. The van der Waals surface area contributed by atoms with Gasteiger partial charge in [0.05, 0.1) is 6.04 Å². The molecule has 156 valence electrons. The third-order valence-electron chi connectivity index (χ3n) is 5.74. The summed E-state index contributed by atoms with van der Waals surface area (Å²) in [7, 11) is 2.06. The molecule has 0 aliphatic carbocycles. The third-order valence-corrected chi connectivity index (χ3v) is 6.75. The standard InChI is InChI=1S/C21H23F3N2O2S/c1-25-10-6-16(7-11-25)20(27)26-12-8-15-9-13-29-19(15)18(26)14-2-4-17(5-3-14)28-21(22,23)24/h2-5,9,13,16,18H,6-8,10-12H2,1H3. The fourth-order valence-corrected chi connectivity index (χ4v) is 5.31. The molecule has 2 aromatic rings. The number of carbonyl (C=O) groups excluding carboxylic acids is 1. The Kier molecular flexibility index (Phi) is 5.57. The third kappa shape index (κ3) is 4.43. The van der Waals surface area contributed by atoms with Crippen LogP contribution in [0.15, 0.2) is 35.7 Å². The Bertz CT molecular complexity index is 858. The van der Waals surface area contributed by atoms with Gasteiger partial charge in [-0.2, -0.15) is 0 Å². The van der Waals surface area contributed by atoms with Crippen molar-refractivity contribution in [1.29, 1.82) is 0 Å². The number of nitrogens with zero attached hydrogens (tertiary/aromatic N) is 2. The molecule has 2 aliphatic heterocycles. The normalized spacial score (nSPS) is 21.1. The van der Waals surface area contributed by atoms with Gasteiger partial charge in [0.25, 0.3) is 0 Å². The van der Waals surface area contributed by atoms with E-state index in [1.54, 1.807) is 23.5 Å². The molecule has 1 fully saturated rings. The summed E-state index contributed by atoms with van der Waals surface area (Å²) in [6, 6.07) is 7.73. The number of likely N-dealkylation sites (tertiary alicyclic amines) is 1. The molecule has 1 amide bonds. The number of rotatable bonds is 3. The molecular weight excluding hydrogens is 401 g/mol. The van der Waals surface area contributed by atoms with Gasteiger partial charge in [-0.05, 0) is 74.1 Å². The van der Waals surface area contributed by atoms with Crippen LogP contribution in [0.4, 0.5) is 13.2 Å². The molecule has 0 bridgehead atoms. The first kappa shape index (κ1) is 20.2. The number of alkyl halides is 3. The number of thiophene rings is 1. The van der Waals surface area contributed by atoms with Crippen LogP contribution >= 0.6 is 11.3 Å². The van der Waals surface area contributed by atoms with Crippen LogP contribution in [0.25, 0.3) is 0 Å². The number of carbonyl (C=O) groups is 1. The Morgan fingerprint density at radius 3 is 2.45 bits per heavy atom. The maximum atomic E-state index is 13.4. The van der Waals surface area contributed by atoms with E-state index in [-0.39, 0.29) is 23.6 Å². The van der Waals surface area contributed by atoms with Gasteiger partial charge in [0.2, 0.25) is 5.91 Å². The van der Waals surface area contributed by atoms with Crippen LogP contribution in [0.2, 0.25) is 0 Å². The zero-order valence-electron chi connectivity index (χ0n) is 16.1. The quantitative estimate of drug-likeness (QED) is 0.729. The number of halogens is 3. The second-order valence-corrected chi connectivity index (χ2v) is 8.64. The second-order valence-electron chi connectivity index (χ2n) is 7.69. The smallest absolute Gasteiger partial charge is 0.406 e. The van der Waals surface area contributed by atoms with Crippen molar-refractivity contribution in [2.75, 3.05) is 26.7 Å². The Morgan fingerprint density at radius 2 is 1.79 bits per heavy atom. The highest BCUT2D eigenvalue weighted by atomic mass is 32.1. The van der Waals surface area contributed by atoms with Gasteiger partial charge in [0.1, 0.15) is 5.75 Å². The molecule has 1 atom stereocenters. The van der Waals surface area contributed by atoms with E-state index in [2.05, 4.69) is 22.8 Å². The summed E-state index contributed by atoms with van der Waals surface area (Å²) in [4.78, 5) is 18.6. The fraction of sp³-hybridized carbons (Fsp3) is 0.476. The van der Waals surface area contributed by atoms with Crippen LogP contribution in [0, 0.1) is 5.92 Å². The van der Waals surface area contributed by atoms with Crippen molar-refractivity contribution < 1.29 is 22.7 Å². The molecule has 4 nitrogen and oxygen atoms in total. The lowest BCUT2D eigenvalue weighted by atomic mass is 9.90. The molecule has 0 radical (unpaired) electrons. The Morgan fingerprint density at radius 1 is 1.10 bits per heavy atom. The minimum absolute atomic E-state index is 0.00282. The highest BCUT2D eigenvalue weighted by molar-refractivity contribution is 7.10. The van der Waals surface area contributed by atoms with Gasteiger partial charge in [-0.15, -0.1) is 24.5 Å². The van der Waals surface area contributed by atoms with E-state index < -0.39 is 6.36 Å². The van der Waals surface area contributed by atoms with E-state index in [1.807, 2.05) is 10.3 Å². The number of piperidine rings is 1. The molecule has 0 spiro atoms. The van der Waals surface area contributed by atoms with E-state index >= 15 is 0 Å². The topological polar surface area (TPSA) is 32.8 Å². The predicted molar refractivity (Wildman–Crippen MR) is 105 cm³/mol. The molecule has 4 rings (SSSR count). The van der Waals surface area contributed by atoms with Gasteiger partial charge in [0, 0.05) is 17.3 Å². The molecule has 2 aliphatic rings. The maximum Gasteiger partial charge on any atom is 0.573 e. The van der Waals surface area contributed by atoms with Crippen molar-refractivity contribution in [3.05, 3.63) is 51.7 Å².